The highest BCUT2D eigenvalue weighted by Gasteiger charge is 2.28. The zero-order valence-electron chi connectivity index (χ0n) is 11.9. The molecule has 0 bridgehead atoms. The summed E-state index contributed by atoms with van der Waals surface area (Å²) in [5, 5.41) is 11.8. The minimum Gasteiger partial charge on any atom is -0.480 e. The number of carboxylic acid groups (broad SMARTS) is 1. The van der Waals surface area contributed by atoms with E-state index in [0.717, 1.165) is 19.3 Å². The number of piperazine rings is 1. The summed E-state index contributed by atoms with van der Waals surface area (Å²) in [6.45, 7) is 2.45. The lowest BCUT2D eigenvalue weighted by Crippen LogP contribution is -2.53. The summed E-state index contributed by atoms with van der Waals surface area (Å²) < 4.78 is 5.29. The summed E-state index contributed by atoms with van der Waals surface area (Å²) in [5.41, 5.74) is 0. The number of hydrogen-bond donors (Lipinski definition) is 2. The monoisotopic (exact) mass is 285 g/mol. The number of methoxy groups -OCH3 is 1. The fourth-order valence-electron chi connectivity index (χ4n) is 2.85. The van der Waals surface area contributed by atoms with Crippen molar-refractivity contribution in [1.29, 1.82) is 0 Å². The van der Waals surface area contributed by atoms with Crippen LogP contribution in [0.2, 0.25) is 0 Å². The van der Waals surface area contributed by atoms with Gasteiger partial charge in [0.2, 0.25) is 0 Å². The van der Waals surface area contributed by atoms with Gasteiger partial charge in [-0.2, -0.15) is 0 Å². The Balaban J connectivity index is 1.71. The van der Waals surface area contributed by atoms with Gasteiger partial charge in [-0.25, -0.2) is 4.79 Å². The van der Waals surface area contributed by atoms with Gasteiger partial charge in [-0.15, -0.1) is 0 Å². The van der Waals surface area contributed by atoms with Crippen LogP contribution in [0.4, 0.5) is 4.79 Å². The van der Waals surface area contributed by atoms with E-state index in [1.165, 1.54) is 0 Å². The molecule has 0 aromatic carbocycles. The van der Waals surface area contributed by atoms with Crippen LogP contribution in [0.5, 0.6) is 0 Å². The molecule has 0 aromatic rings. The Morgan fingerprint density at radius 1 is 1.25 bits per heavy atom. The zero-order valence-corrected chi connectivity index (χ0v) is 11.9. The molecule has 2 atom stereocenters. The molecule has 7 heteroatoms. The Morgan fingerprint density at radius 2 is 1.95 bits per heavy atom. The minimum absolute atomic E-state index is 0.0401. The summed E-state index contributed by atoms with van der Waals surface area (Å²) in [6, 6.07) is 0.159. The molecule has 7 nitrogen and oxygen atoms in total. The molecule has 1 aliphatic carbocycles. The van der Waals surface area contributed by atoms with Gasteiger partial charge >= 0.3 is 12.0 Å². The lowest BCUT2D eigenvalue weighted by atomic mass is 10.2. The SMILES string of the molecule is COC1CCC(NC(=O)N2CCN(CC(=O)O)CC2)C1. The molecular formula is C13H23N3O4. The Morgan fingerprint density at radius 3 is 2.50 bits per heavy atom. The van der Waals surface area contributed by atoms with Gasteiger partial charge < -0.3 is 20.1 Å². The molecular weight excluding hydrogens is 262 g/mol. The van der Waals surface area contributed by atoms with E-state index in [4.69, 9.17) is 9.84 Å². The van der Waals surface area contributed by atoms with Crippen LogP contribution in [0.1, 0.15) is 19.3 Å². The second kappa shape index (κ2) is 6.90. The van der Waals surface area contributed by atoms with Crippen molar-refractivity contribution in [2.24, 2.45) is 0 Å². The van der Waals surface area contributed by atoms with Crippen LogP contribution < -0.4 is 5.32 Å². The molecule has 2 N–H and O–H groups in total. The van der Waals surface area contributed by atoms with Crippen molar-refractivity contribution in [3.63, 3.8) is 0 Å². The topological polar surface area (TPSA) is 82.1 Å². The van der Waals surface area contributed by atoms with Crippen molar-refractivity contribution in [1.82, 2.24) is 15.1 Å². The second-order valence-corrected chi connectivity index (χ2v) is 5.47. The first kappa shape index (κ1) is 15.1. The average Bonchev–Trinajstić information content (AvgIpc) is 2.86. The molecule has 2 amide bonds. The summed E-state index contributed by atoms with van der Waals surface area (Å²) in [6.07, 6.45) is 3.09. The third kappa shape index (κ3) is 4.08. The smallest absolute Gasteiger partial charge is 0.317 e. The number of aliphatic carboxylic acids is 1. The lowest BCUT2D eigenvalue weighted by molar-refractivity contribution is -0.138. The molecule has 0 radical (unpaired) electrons. The number of hydrogen-bond acceptors (Lipinski definition) is 4. The van der Waals surface area contributed by atoms with Crippen molar-refractivity contribution in [2.75, 3.05) is 39.8 Å². The third-order valence-corrected chi connectivity index (χ3v) is 4.06. The summed E-state index contributed by atoms with van der Waals surface area (Å²) in [5.74, 6) is -0.820. The minimum atomic E-state index is -0.820. The Kier molecular flexibility index (Phi) is 5.19. The fraction of sp³-hybridized carbons (Fsp3) is 0.846. The molecule has 20 heavy (non-hydrogen) atoms. The number of amides is 2. The highest BCUT2D eigenvalue weighted by molar-refractivity contribution is 5.74. The first-order valence-corrected chi connectivity index (χ1v) is 7.11. The van der Waals surface area contributed by atoms with Gasteiger partial charge in [0.05, 0.1) is 12.6 Å². The lowest BCUT2D eigenvalue weighted by Gasteiger charge is -2.34. The maximum Gasteiger partial charge on any atom is 0.317 e. The molecule has 2 fully saturated rings. The molecule has 2 aliphatic rings. The van der Waals surface area contributed by atoms with Crippen molar-refractivity contribution in [2.45, 2.75) is 31.4 Å². The van der Waals surface area contributed by atoms with Crippen LogP contribution in [-0.4, -0.2) is 78.9 Å². The van der Waals surface area contributed by atoms with Crippen molar-refractivity contribution in [3.05, 3.63) is 0 Å². The normalized spacial score (nSPS) is 27.6. The van der Waals surface area contributed by atoms with Crippen molar-refractivity contribution >= 4 is 12.0 Å². The number of nitrogens with one attached hydrogen (secondary N) is 1. The van der Waals surface area contributed by atoms with Gasteiger partial charge in [0.15, 0.2) is 0 Å². The molecule has 1 saturated carbocycles. The number of nitrogens with zero attached hydrogens (tertiary/aromatic N) is 2. The van der Waals surface area contributed by atoms with E-state index in [9.17, 15) is 9.59 Å². The standard InChI is InChI=1S/C13H23N3O4/c1-20-11-3-2-10(8-11)14-13(19)16-6-4-15(5-7-16)9-12(17)18/h10-11H,2-9H2,1H3,(H,14,19)(H,17,18). The van der Waals surface area contributed by atoms with Gasteiger partial charge in [-0.05, 0) is 19.3 Å². The Hall–Kier alpha value is -1.34. The predicted octanol–water partition coefficient (Wildman–Crippen LogP) is -0.0343. The van der Waals surface area contributed by atoms with E-state index in [-0.39, 0.29) is 24.7 Å². The highest BCUT2D eigenvalue weighted by atomic mass is 16.5. The summed E-state index contributed by atoms with van der Waals surface area (Å²) in [7, 11) is 1.70. The van der Waals surface area contributed by atoms with Crippen LogP contribution in [0.25, 0.3) is 0 Å². The highest BCUT2D eigenvalue weighted by Crippen LogP contribution is 2.21. The molecule has 1 aliphatic heterocycles. The molecule has 2 rings (SSSR count). The first-order chi connectivity index (χ1) is 9.58. The number of carbonyl (C=O) groups excluding carboxylic acids is 1. The van der Waals surface area contributed by atoms with Gasteiger partial charge in [-0.3, -0.25) is 9.69 Å². The van der Waals surface area contributed by atoms with Crippen LogP contribution in [0, 0.1) is 0 Å². The number of carboxylic acids is 1. The van der Waals surface area contributed by atoms with Crippen LogP contribution >= 0.6 is 0 Å². The summed E-state index contributed by atoms with van der Waals surface area (Å²) in [4.78, 5) is 26.4. The van der Waals surface area contributed by atoms with E-state index < -0.39 is 5.97 Å². The molecule has 1 saturated heterocycles. The van der Waals surface area contributed by atoms with E-state index in [0.29, 0.717) is 26.2 Å². The van der Waals surface area contributed by atoms with Crippen molar-refractivity contribution < 1.29 is 19.4 Å². The molecule has 1 heterocycles. The first-order valence-electron chi connectivity index (χ1n) is 7.11. The van der Waals surface area contributed by atoms with Crippen molar-refractivity contribution in [3.8, 4) is 0 Å². The van der Waals surface area contributed by atoms with E-state index in [1.54, 1.807) is 12.0 Å². The third-order valence-electron chi connectivity index (χ3n) is 4.06. The molecule has 114 valence electrons. The maximum atomic E-state index is 12.1. The van der Waals surface area contributed by atoms with Gasteiger partial charge in [0, 0.05) is 39.3 Å². The number of rotatable bonds is 4. The van der Waals surface area contributed by atoms with Gasteiger partial charge in [0.25, 0.3) is 0 Å². The van der Waals surface area contributed by atoms with E-state index in [2.05, 4.69) is 5.32 Å². The second-order valence-electron chi connectivity index (χ2n) is 5.47. The summed E-state index contributed by atoms with van der Waals surface area (Å²) >= 11 is 0. The number of urea groups is 1. The Bertz CT molecular complexity index is 356. The van der Waals surface area contributed by atoms with Crippen LogP contribution in [0.15, 0.2) is 0 Å². The zero-order chi connectivity index (χ0) is 14.5. The average molecular weight is 285 g/mol. The number of carbonyl (C=O) groups is 2. The fourth-order valence-corrected chi connectivity index (χ4v) is 2.85. The number of ether oxygens (including phenoxy) is 1. The molecule has 0 spiro atoms. The maximum absolute atomic E-state index is 12.1. The molecule has 0 aromatic heterocycles. The van der Waals surface area contributed by atoms with Gasteiger partial charge in [-0.1, -0.05) is 0 Å². The largest absolute Gasteiger partial charge is 0.480 e. The quantitative estimate of drug-likeness (QED) is 0.758. The van der Waals surface area contributed by atoms with Crippen LogP contribution in [0.3, 0.4) is 0 Å². The van der Waals surface area contributed by atoms with Crippen LogP contribution in [-0.2, 0) is 9.53 Å². The predicted molar refractivity (Wildman–Crippen MR) is 72.6 cm³/mol. The molecule has 2 unspecified atom stereocenters. The van der Waals surface area contributed by atoms with E-state index >= 15 is 0 Å². The van der Waals surface area contributed by atoms with Gasteiger partial charge in [0.1, 0.15) is 0 Å². The van der Waals surface area contributed by atoms with E-state index in [1.807, 2.05) is 4.90 Å². The Labute approximate surface area is 118 Å².